The molecule has 0 aromatic heterocycles. The molecule has 102 valence electrons. The maximum Gasteiger partial charge on any atom is 0.145 e. The average Bonchev–Trinajstić information content (AvgIpc) is 2.43. The van der Waals surface area contributed by atoms with Crippen LogP contribution in [0.2, 0.25) is 0 Å². The van der Waals surface area contributed by atoms with E-state index in [0.29, 0.717) is 4.99 Å². The first-order valence-electron chi connectivity index (χ1n) is 6.26. The van der Waals surface area contributed by atoms with Crippen LogP contribution >= 0.6 is 24.4 Å². The van der Waals surface area contributed by atoms with Crippen molar-refractivity contribution in [3.8, 4) is 0 Å². The van der Waals surface area contributed by atoms with Crippen molar-refractivity contribution in [3.05, 3.63) is 59.7 Å². The summed E-state index contributed by atoms with van der Waals surface area (Å²) in [4.78, 5) is 2.57. The fourth-order valence-corrected chi connectivity index (χ4v) is 2.18. The molecule has 2 N–H and O–H groups in total. The smallest absolute Gasteiger partial charge is 0.145 e. The minimum absolute atomic E-state index is 0.223. The standard InChI is InChI=1S/C16H16N2S2/c1-11-3-7-13(8-4-11)18(16(20)15(17)19)14-9-5-12(2)6-10-14/h3-10H,1-2H3,(H2,17,19). The molecule has 2 rings (SSSR count). The van der Waals surface area contributed by atoms with E-state index >= 15 is 0 Å². The lowest BCUT2D eigenvalue weighted by atomic mass is 10.1. The maximum atomic E-state index is 5.72. The van der Waals surface area contributed by atoms with Gasteiger partial charge in [0.15, 0.2) is 0 Å². The molecular formula is C16H16N2S2. The number of aryl methyl sites for hydroxylation is 2. The Morgan fingerprint density at radius 1 is 0.800 bits per heavy atom. The highest BCUT2D eigenvalue weighted by Gasteiger charge is 2.16. The first-order chi connectivity index (χ1) is 9.49. The second-order valence-corrected chi connectivity index (χ2v) is 5.50. The largest absolute Gasteiger partial charge is 0.387 e. The Morgan fingerprint density at radius 2 is 1.15 bits per heavy atom. The van der Waals surface area contributed by atoms with Gasteiger partial charge in [0.2, 0.25) is 0 Å². The molecule has 0 saturated carbocycles. The lowest BCUT2D eigenvalue weighted by molar-refractivity contribution is 1.34. The number of nitrogens with zero attached hydrogens (tertiary/aromatic N) is 1. The van der Waals surface area contributed by atoms with Gasteiger partial charge >= 0.3 is 0 Å². The molecule has 0 unspecified atom stereocenters. The molecule has 4 heteroatoms. The van der Waals surface area contributed by atoms with Gasteiger partial charge in [-0.25, -0.2) is 0 Å². The summed E-state index contributed by atoms with van der Waals surface area (Å²) >= 11 is 10.4. The second kappa shape index (κ2) is 6.11. The molecule has 0 heterocycles. The van der Waals surface area contributed by atoms with Gasteiger partial charge in [-0.2, -0.15) is 0 Å². The molecule has 0 bridgehead atoms. The fraction of sp³-hybridized carbons (Fsp3) is 0.125. The van der Waals surface area contributed by atoms with Gasteiger partial charge in [0.25, 0.3) is 0 Å². The molecule has 0 aliphatic heterocycles. The molecule has 0 aliphatic rings. The summed E-state index contributed by atoms with van der Waals surface area (Å²) in [6.07, 6.45) is 0. The Bertz CT molecular complexity index is 585. The molecule has 20 heavy (non-hydrogen) atoms. The summed E-state index contributed by atoms with van der Waals surface area (Å²) in [6, 6.07) is 16.2. The van der Waals surface area contributed by atoms with Crippen LogP contribution in [0.4, 0.5) is 11.4 Å². The number of anilines is 2. The van der Waals surface area contributed by atoms with E-state index in [1.54, 1.807) is 0 Å². The molecule has 0 amide bonds. The van der Waals surface area contributed by atoms with Crippen molar-refractivity contribution in [1.82, 2.24) is 0 Å². The summed E-state index contributed by atoms with van der Waals surface area (Å²) in [5, 5.41) is 0. The zero-order chi connectivity index (χ0) is 14.7. The van der Waals surface area contributed by atoms with Gasteiger partial charge in [0.1, 0.15) is 9.98 Å². The summed E-state index contributed by atoms with van der Waals surface area (Å²) in [5.74, 6) is 0. The SMILES string of the molecule is Cc1ccc(N(C(=S)C(N)=S)c2ccc(C)cc2)cc1. The van der Waals surface area contributed by atoms with Crippen molar-refractivity contribution in [3.63, 3.8) is 0 Å². The predicted molar refractivity (Wildman–Crippen MR) is 93.9 cm³/mol. The van der Waals surface area contributed by atoms with E-state index in [-0.39, 0.29) is 4.99 Å². The topological polar surface area (TPSA) is 29.3 Å². The summed E-state index contributed by atoms with van der Waals surface area (Å²) in [6.45, 7) is 4.10. The van der Waals surface area contributed by atoms with Gasteiger partial charge in [0, 0.05) is 11.4 Å². The lowest BCUT2D eigenvalue weighted by Crippen LogP contribution is -2.34. The quantitative estimate of drug-likeness (QED) is 0.847. The highest BCUT2D eigenvalue weighted by Crippen LogP contribution is 2.26. The monoisotopic (exact) mass is 300 g/mol. The van der Waals surface area contributed by atoms with Crippen LogP contribution in [-0.4, -0.2) is 9.98 Å². The van der Waals surface area contributed by atoms with Crippen LogP contribution in [0.3, 0.4) is 0 Å². The Kier molecular flexibility index (Phi) is 4.47. The van der Waals surface area contributed by atoms with Crippen LogP contribution in [0.25, 0.3) is 0 Å². The minimum Gasteiger partial charge on any atom is -0.387 e. The van der Waals surface area contributed by atoms with Crippen LogP contribution < -0.4 is 10.6 Å². The first-order valence-corrected chi connectivity index (χ1v) is 7.08. The molecule has 0 fully saturated rings. The summed E-state index contributed by atoms with van der Waals surface area (Å²) in [5.41, 5.74) is 10.0. The number of hydrogen-bond donors (Lipinski definition) is 1. The van der Waals surface area contributed by atoms with Crippen molar-refractivity contribution in [1.29, 1.82) is 0 Å². The van der Waals surface area contributed by atoms with Gasteiger partial charge < -0.3 is 5.73 Å². The van der Waals surface area contributed by atoms with Gasteiger partial charge in [-0.15, -0.1) is 0 Å². The number of benzene rings is 2. The van der Waals surface area contributed by atoms with Gasteiger partial charge in [-0.1, -0.05) is 59.8 Å². The van der Waals surface area contributed by atoms with Crippen LogP contribution in [0.1, 0.15) is 11.1 Å². The van der Waals surface area contributed by atoms with E-state index in [2.05, 4.69) is 0 Å². The minimum atomic E-state index is 0.223. The van der Waals surface area contributed by atoms with Gasteiger partial charge in [-0.3, -0.25) is 4.90 Å². The lowest BCUT2D eigenvalue weighted by Gasteiger charge is -2.25. The number of hydrogen-bond acceptors (Lipinski definition) is 2. The van der Waals surface area contributed by atoms with Crippen LogP contribution in [0.15, 0.2) is 48.5 Å². The second-order valence-electron chi connectivity index (χ2n) is 4.68. The van der Waals surface area contributed by atoms with Crippen molar-refractivity contribution >= 4 is 45.8 Å². The van der Waals surface area contributed by atoms with Crippen molar-refractivity contribution in [2.24, 2.45) is 5.73 Å². The molecule has 0 spiro atoms. The number of rotatable bonds is 2. The normalized spacial score (nSPS) is 10.1. The summed E-state index contributed by atoms with van der Waals surface area (Å²) < 4.78 is 0. The molecule has 0 radical (unpaired) electrons. The van der Waals surface area contributed by atoms with Crippen molar-refractivity contribution < 1.29 is 0 Å². The molecule has 0 atom stereocenters. The zero-order valence-electron chi connectivity index (χ0n) is 11.5. The van der Waals surface area contributed by atoms with E-state index in [4.69, 9.17) is 30.2 Å². The van der Waals surface area contributed by atoms with Crippen LogP contribution in [-0.2, 0) is 0 Å². The molecule has 0 saturated heterocycles. The zero-order valence-corrected chi connectivity index (χ0v) is 13.1. The highest BCUT2D eigenvalue weighted by atomic mass is 32.1. The molecule has 2 aromatic rings. The molecule has 0 aliphatic carbocycles. The maximum absolute atomic E-state index is 5.72. The highest BCUT2D eigenvalue weighted by molar-refractivity contribution is 7.89. The fourth-order valence-electron chi connectivity index (χ4n) is 1.88. The van der Waals surface area contributed by atoms with E-state index < -0.39 is 0 Å². The van der Waals surface area contributed by atoms with E-state index in [1.165, 1.54) is 11.1 Å². The molecular weight excluding hydrogens is 284 g/mol. The third-order valence-corrected chi connectivity index (χ3v) is 3.72. The summed E-state index contributed by atoms with van der Waals surface area (Å²) in [7, 11) is 0. The average molecular weight is 300 g/mol. The van der Waals surface area contributed by atoms with E-state index in [0.717, 1.165) is 11.4 Å². The third-order valence-electron chi connectivity index (χ3n) is 3.00. The van der Waals surface area contributed by atoms with Crippen molar-refractivity contribution in [2.45, 2.75) is 13.8 Å². The van der Waals surface area contributed by atoms with E-state index in [9.17, 15) is 0 Å². The van der Waals surface area contributed by atoms with E-state index in [1.807, 2.05) is 67.3 Å². The Balaban J connectivity index is 2.49. The van der Waals surface area contributed by atoms with Crippen molar-refractivity contribution in [2.75, 3.05) is 4.90 Å². The van der Waals surface area contributed by atoms with Gasteiger partial charge in [0.05, 0.1) is 0 Å². The predicted octanol–water partition coefficient (Wildman–Crippen LogP) is 4.06. The Morgan fingerprint density at radius 3 is 1.45 bits per heavy atom. The number of thiocarbonyl (C=S) groups is 2. The Labute approximate surface area is 130 Å². The van der Waals surface area contributed by atoms with Crippen LogP contribution in [0.5, 0.6) is 0 Å². The van der Waals surface area contributed by atoms with Crippen LogP contribution in [0, 0.1) is 13.8 Å². The first kappa shape index (κ1) is 14.6. The Hall–Kier alpha value is -1.78. The third kappa shape index (κ3) is 3.21. The van der Waals surface area contributed by atoms with Gasteiger partial charge in [-0.05, 0) is 38.1 Å². The number of nitrogens with two attached hydrogens (primary N) is 1. The molecule has 2 nitrogen and oxygen atoms in total. The molecule has 2 aromatic carbocycles.